The van der Waals surface area contributed by atoms with Gasteiger partial charge >= 0.3 is 11.9 Å². The third kappa shape index (κ3) is 24.4. The average molecular weight is 633 g/mol. The van der Waals surface area contributed by atoms with Gasteiger partial charge in [-0.3, -0.25) is 4.79 Å². The molecule has 1 rings (SSSR count). The lowest BCUT2D eigenvalue weighted by atomic mass is 10.0. The zero-order valence-corrected chi connectivity index (χ0v) is 28.6. The molecular formula is C38H64O7. The summed E-state index contributed by atoms with van der Waals surface area (Å²) >= 11 is 0. The summed E-state index contributed by atoms with van der Waals surface area (Å²) in [6, 6.07) is 4.67. The standard InChI is InChI=1S/C38H64O7/c1-3-4-5-6-7-8-9-10-11-12-13-14-15-16-17-18-19-20-21-22-23-24-25-37(41)44-31-34(39)32-45-38(42)29-27-33-26-28-35(40)36(30-33)43-2/h26-30,34,39-40H,3-25,31-32H2,1-2H3/b29-27+/t34-/m0/s1. The summed E-state index contributed by atoms with van der Waals surface area (Å²) in [5.41, 5.74) is 0.645. The number of methoxy groups -OCH3 is 1. The van der Waals surface area contributed by atoms with E-state index < -0.39 is 12.1 Å². The predicted molar refractivity (Wildman–Crippen MR) is 183 cm³/mol. The lowest BCUT2D eigenvalue weighted by Gasteiger charge is -2.11. The van der Waals surface area contributed by atoms with Crippen LogP contribution in [0.1, 0.15) is 160 Å². The van der Waals surface area contributed by atoms with Crippen LogP contribution in [0.3, 0.4) is 0 Å². The van der Waals surface area contributed by atoms with E-state index in [4.69, 9.17) is 14.2 Å². The van der Waals surface area contributed by atoms with Crippen LogP contribution in [0.15, 0.2) is 24.3 Å². The van der Waals surface area contributed by atoms with Gasteiger partial charge < -0.3 is 24.4 Å². The molecule has 7 heteroatoms. The summed E-state index contributed by atoms with van der Waals surface area (Å²) in [4.78, 5) is 23.8. The molecule has 0 unspecified atom stereocenters. The first-order valence-corrected chi connectivity index (χ1v) is 18.0. The van der Waals surface area contributed by atoms with E-state index in [1.54, 1.807) is 12.1 Å². The van der Waals surface area contributed by atoms with E-state index in [9.17, 15) is 19.8 Å². The van der Waals surface area contributed by atoms with Gasteiger partial charge in [0.15, 0.2) is 11.5 Å². The van der Waals surface area contributed by atoms with Crippen LogP contribution in [0, 0.1) is 0 Å². The minimum absolute atomic E-state index is 0.00536. The monoisotopic (exact) mass is 632 g/mol. The molecule has 0 aromatic heterocycles. The fourth-order valence-electron chi connectivity index (χ4n) is 5.38. The highest BCUT2D eigenvalue weighted by molar-refractivity contribution is 5.87. The second-order valence-electron chi connectivity index (χ2n) is 12.4. The average Bonchev–Trinajstić information content (AvgIpc) is 3.04. The molecule has 0 aliphatic heterocycles. The minimum atomic E-state index is -1.08. The van der Waals surface area contributed by atoms with Crippen LogP contribution in [0.2, 0.25) is 0 Å². The van der Waals surface area contributed by atoms with Crippen molar-refractivity contribution in [2.75, 3.05) is 20.3 Å². The number of rotatable bonds is 30. The highest BCUT2D eigenvalue weighted by Crippen LogP contribution is 2.26. The highest BCUT2D eigenvalue weighted by Gasteiger charge is 2.11. The third-order valence-corrected chi connectivity index (χ3v) is 8.20. The quantitative estimate of drug-likeness (QED) is 0.0494. The van der Waals surface area contributed by atoms with Crippen molar-refractivity contribution in [2.24, 2.45) is 0 Å². The van der Waals surface area contributed by atoms with Crippen molar-refractivity contribution in [1.29, 1.82) is 0 Å². The molecule has 0 aliphatic rings. The van der Waals surface area contributed by atoms with Crippen LogP contribution in [0.4, 0.5) is 0 Å². The fraction of sp³-hybridized carbons (Fsp3) is 0.737. The van der Waals surface area contributed by atoms with Crippen LogP contribution in [0.5, 0.6) is 11.5 Å². The molecule has 1 aromatic rings. The number of carbonyl (C=O) groups is 2. The summed E-state index contributed by atoms with van der Waals surface area (Å²) < 4.78 is 15.1. The van der Waals surface area contributed by atoms with Crippen molar-refractivity contribution < 1.29 is 34.0 Å². The second kappa shape index (κ2) is 28.9. The third-order valence-electron chi connectivity index (χ3n) is 8.20. The number of phenolic OH excluding ortho intramolecular Hbond substituents is 1. The first kappa shape index (κ1) is 40.5. The fourth-order valence-corrected chi connectivity index (χ4v) is 5.38. The predicted octanol–water partition coefficient (Wildman–Crippen LogP) is 9.85. The molecule has 2 N–H and O–H groups in total. The van der Waals surface area contributed by atoms with Gasteiger partial charge in [0.25, 0.3) is 0 Å². The van der Waals surface area contributed by atoms with Crippen molar-refractivity contribution in [1.82, 2.24) is 0 Å². The lowest BCUT2D eigenvalue weighted by molar-refractivity contribution is -0.150. The Labute approximate surface area is 274 Å². The first-order valence-electron chi connectivity index (χ1n) is 18.0. The highest BCUT2D eigenvalue weighted by atomic mass is 16.6. The summed E-state index contributed by atoms with van der Waals surface area (Å²) in [5.74, 6) is -0.675. The maximum Gasteiger partial charge on any atom is 0.330 e. The molecule has 0 radical (unpaired) electrons. The number of hydrogen-bond donors (Lipinski definition) is 2. The Bertz CT molecular complexity index is 898. The topological polar surface area (TPSA) is 102 Å². The van der Waals surface area contributed by atoms with Gasteiger partial charge in [-0.15, -0.1) is 0 Å². The molecule has 1 atom stereocenters. The second-order valence-corrected chi connectivity index (χ2v) is 12.4. The molecule has 0 bridgehead atoms. The van der Waals surface area contributed by atoms with E-state index >= 15 is 0 Å². The van der Waals surface area contributed by atoms with Crippen LogP contribution in [-0.4, -0.2) is 48.6 Å². The number of aliphatic hydroxyl groups is 1. The number of unbranched alkanes of at least 4 members (excludes halogenated alkanes) is 21. The van der Waals surface area contributed by atoms with Crippen molar-refractivity contribution >= 4 is 18.0 Å². The van der Waals surface area contributed by atoms with Gasteiger partial charge in [0.1, 0.15) is 19.3 Å². The van der Waals surface area contributed by atoms with Crippen molar-refractivity contribution in [3.8, 4) is 11.5 Å². The molecule has 0 saturated heterocycles. The smallest absolute Gasteiger partial charge is 0.330 e. The van der Waals surface area contributed by atoms with Gasteiger partial charge in [0.05, 0.1) is 7.11 Å². The van der Waals surface area contributed by atoms with Gasteiger partial charge in [0, 0.05) is 12.5 Å². The number of phenols is 1. The molecule has 0 aliphatic carbocycles. The minimum Gasteiger partial charge on any atom is -0.504 e. The Kier molecular flexibility index (Phi) is 26.0. The van der Waals surface area contributed by atoms with E-state index in [2.05, 4.69) is 6.92 Å². The Hall–Kier alpha value is -2.54. The van der Waals surface area contributed by atoms with E-state index in [1.807, 2.05) is 0 Å². The molecule has 258 valence electrons. The van der Waals surface area contributed by atoms with Crippen LogP contribution < -0.4 is 4.74 Å². The van der Waals surface area contributed by atoms with E-state index in [1.165, 1.54) is 147 Å². The van der Waals surface area contributed by atoms with Crippen molar-refractivity contribution in [2.45, 2.75) is 161 Å². The molecule has 0 fully saturated rings. The van der Waals surface area contributed by atoms with E-state index in [-0.39, 0.29) is 24.9 Å². The first-order chi connectivity index (χ1) is 22.0. The molecule has 1 aromatic carbocycles. The molecule has 0 amide bonds. The number of aliphatic hydroxyl groups excluding tert-OH is 1. The van der Waals surface area contributed by atoms with Crippen LogP contribution in [-0.2, 0) is 19.1 Å². The summed E-state index contributed by atoms with van der Waals surface area (Å²) in [5, 5.41) is 19.6. The van der Waals surface area contributed by atoms with Gasteiger partial charge in [-0.25, -0.2) is 4.79 Å². The number of hydrogen-bond acceptors (Lipinski definition) is 7. The molecule has 45 heavy (non-hydrogen) atoms. The number of esters is 2. The largest absolute Gasteiger partial charge is 0.504 e. The molecular weight excluding hydrogens is 568 g/mol. The van der Waals surface area contributed by atoms with Gasteiger partial charge in [0.2, 0.25) is 0 Å². The van der Waals surface area contributed by atoms with Gasteiger partial charge in [-0.1, -0.05) is 148 Å². The Morgan fingerprint density at radius 1 is 0.689 bits per heavy atom. The Balaban J connectivity index is 1.86. The maximum absolute atomic E-state index is 11.9. The molecule has 0 spiro atoms. The SMILES string of the molecule is CCCCCCCCCCCCCCCCCCCCCCCCC(=O)OC[C@H](O)COC(=O)/C=C/c1ccc(O)c(OC)c1. The van der Waals surface area contributed by atoms with Gasteiger partial charge in [-0.2, -0.15) is 0 Å². The lowest BCUT2D eigenvalue weighted by Crippen LogP contribution is -2.24. The molecule has 7 nitrogen and oxygen atoms in total. The van der Waals surface area contributed by atoms with Crippen LogP contribution >= 0.6 is 0 Å². The normalized spacial score (nSPS) is 12.0. The van der Waals surface area contributed by atoms with Crippen molar-refractivity contribution in [3.05, 3.63) is 29.8 Å². The van der Waals surface area contributed by atoms with Crippen LogP contribution in [0.25, 0.3) is 6.08 Å². The summed E-state index contributed by atoms with van der Waals surface area (Å²) in [6.45, 7) is 1.81. The molecule has 0 heterocycles. The number of carbonyl (C=O) groups excluding carboxylic acids is 2. The number of benzene rings is 1. The summed E-state index contributed by atoms with van der Waals surface area (Å²) in [7, 11) is 1.44. The number of ether oxygens (including phenoxy) is 3. The molecule has 0 saturated carbocycles. The van der Waals surface area contributed by atoms with Gasteiger partial charge in [-0.05, 0) is 30.2 Å². The summed E-state index contributed by atoms with van der Waals surface area (Å²) in [6.07, 6.45) is 31.2. The Morgan fingerprint density at radius 3 is 1.60 bits per heavy atom. The maximum atomic E-state index is 11.9. The van der Waals surface area contributed by atoms with Crippen molar-refractivity contribution in [3.63, 3.8) is 0 Å². The van der Waals surface area contributed by atoms with E-state index in [0.29, 0.717) is 17.7 Å². The zero-order valence-electron chi connectivity index (χ0n) is 28.6. The Morgan fingerprint density at radius 2 is 1.13 bits per heavy atom. The van der Waals surface area contributed by atoms with E-state index in [0.717, 1.165) is 19.3 Å². The number of aromatic hydroxyl groups is 1. The zero-order chi connectivity index (χ0) is 32.8.